The summed E-state index contributed by atoms with van der Waals surface area (Å²) in [7, 11) is 0. The number of anilines is 3. The van der Waals surface area contributed by atoms with Gasteiger partial charge in [-0.1, -0.05) is 18.2 Å². The van der Waals surface area contributed by atoms with E-state index in [0.29, 0.717) is 12.0 Å². The summed E-state index contributed by atoms with van der Waals surface area (Å²) in [6, 6.07) is 8.84. The monoisotopic (exact) mass is 311 g/mol. The van der Waals surface area contributed by atoms with Gasteiger partial charge in [0.1, 0.15) is 0 Å². The fourth-order valence-electron chi connectivity index (χ4n) is 3.41. The zero-order valence-electron chi connectivity index (χ0n) is 13.3. The van der Waals surface area contributed by atoms with Gasteiger partial charge >= 0.3 is 0 Å². The Morgan fingerprint density at radius 1 is 1.35 bits per heavy atom. The Morgan fingerprint density at radius 2 is 2.26 bits per heavy atom. The Bertz CT molecular complexity index is 686. The molecule has 1 fully saturated rings. The summed E-state index contributed by atoms with van der Waals surface area (Å²) in [5.41, 5.74) is 2.57. The number of aromatic nitrogens is 3. The molecule has 2 atom stereocenters. The molecule has 0 spiro atoms. The number of hydrogen-bond donors (Lipinski definition) is 1. The molecule has 2 aliphatic rings. The number of fused-ring (bicyclic) bond motifs is 1. The Balaban J connectivity index is 1.54. The normalized spacial score (nSPS) is 23.1. The minimum Gasteiger partial charge on any atom is -0.376 e. The number of rotatable bonds is 4. The molecule has 2 aliphatic heterocycles. The minimum absolute atomic E-state index is 0.258. The van der Waals surface area contributed by atoms with E-state index in [1.807, 2.05) is 0 Å². The van der Waals surface area contributed by atoms with E-state index in [2.05, 4.69) is 56.6 Å². The van der Waals surface area contributed by atoms with Gasteiger partial charge in [0.2, 0.25) is 5.95 Å². The van der Waals surface area contributed by atoms with Crippen LogP contribution in [0.15, 0.2) is 30.5 Å². The van der Waals surface area contributed by atoms with Gasteiger partial charge in [-0.25, -0.2) is 0 Å². The molecule has 6 nitrogen and oxygen atoms in total. The van der Waals surface area contributed by atoms with Gasteiger partial charge in [-0.15, -0.1) is 5.10 Å². The van der Waals surface area contributed by atoms with Crippen LogP contribution in [0.1, 0.15) is 25.3 Å². The summed E-state index contributed by atoms with van der Waals surface area (Å²) in [5.74, 6) is 1.40. The van der Waals surface area contributed by atoms with Crippen molar-refractivity contribution in [3.63, 3.8) is 0 Å². The summed E-state index contributed by atoms with van der Waals surface area (Å²) < 4.78 is 5.62. The predicted molar refractivity (Wildman–Crippen MR) is 89.0 cm³/mol. The van der Waals surface area contributed by atoms with E-state index in [0.717, 1.165) is 38.2 Å². The number of para-hydroxylation sites is 1. The number of nitrogens with zero attached hydrogens (tertiary/aromatic N) is 4. The van der Waals surface area contributed by atoms with E-state index in [-0.39, 0.29) is 6.10 Å². The molecule has 120 valence electrons. The van der Waals surface area contributed by atoms with Crippen LogP contribution >= 0.6 is 0 Å². The van der Waals surface area contributed by atoms with E-state index in [9.17, 15) is 0 Å². The summed E-state index contributed by atoms with van der Waals surface area (Å²) in [6.07, 6.45) is 5.24. The van der Waals surface area contributed by atoms with Crippen LogP contribution in [0.2, 0.25) is 0 Å². The molecule has 1 aromatic carbocycles. The summed E-state index contributed by atoms with van der Waals surface area (Å²) in [5, 5.41) is 11.5. The molecule has 4 rings (SSSR count). The van der Waals surface area contributed by atoms with Crippen LogP contribution in [0.4, 0.5) is 17.5 Å². The molecule has 0 aliphatic carbocycles. The van der Waals surface area contributed by atoms with Crippen molar-refractivity contribution in [2.45, 2.75) is 38.3 Å². The highest BCUT2D eigenvalue weighted by Gasteiger charge is 2.28. The van der Waals surface area contributed by atoms with Gasteiger partial charge in [0.15, 0.2) is 5.82 Å². The molecule has 0 bridgehead atoms. The van der Waals surface area contributed by atoms with E-state index in [1.165, 1.54) is 11.3 Å². The third kappa shape index (κ3) is 2.86. The highest BCUT2D eigenvalue weighted by Crippen LogP contribution is 2.36. The Hall–Kier alpha value is -2.21. The van der Waals surface area contributed by atoms with Gasteiger partial charge in [0, 0.05) is 24.9 Å². The lowest BCUT2D eigenvalue weighted by atomic mass is 10.1. The third-order valence-electron chi connectivity index (χ3n) is 4.51. The molecular weight excluding hydrogens is 290 g/mol. The zero-order chi connectivity index (χ0) is 15.6. The largest absolute Gasteiger partial charge is 0.376 e. The maximum absolute atomic E-state index is 5.62. The number of ether oxygens (including phenoxy) is 1. The summed E-state index contributed by atoms with van der Waals surface area (Å²) in [6.45, 7) is 3.80. The van der Waals surface area contributed by atoms with Gasteiger partial charge < -0.3 is 15.0 Å². The number of benzene rings is 1. The highest BCUT2D eigenvalue weighted by molar-refractivity contribution is 5.68. The fourth-order valence-corrected chi connectivity index (χ4v) is 3.41. The molecule has 23 heavy (non-hydrogen) atoms. The molecule has 0 saturated carbocycles. The second kappa shape index (κ2) is 6.12. The first-order chi connectivity index (χ1) is 11.3. The first-order valence-corrected chi connectivity index (χ1v) is 8.23. The van der Waals surface area contributed by atoms with Crippen LogP contribution in [0.5, 0.6) is 0 Å². The summed E-state index contributed by atoms with van der Waals surface area (Å²) in [4.78, 5) is 6.89. The van der Waals surface area contributed by atoms with Crippen LogP contribution in [0, 0.1) is 0 Å². The van der Waals surface area contributed by atoms with Gasteiger partial charge in [-0.2, -0.15) is 10.1 Å². The van der Waals surface area contributed by atoms with Crippen molar-refractivity contribution in [1.82, 2.24) is 15.2 Å². The fraction of sp³-hybridized carbons (Fsp3) is 0.471. The second-order valence-electron chi connectivity index (χ2n) is 6.21. The van der Waals surface area contributed by atoms with Gasteiger partial charge in [0.25, 0.3) is 0 Å². The SMILES string of the molecule is CC1Cc2ccccc2N1c1cnnc(NCC2CCCO2)n1. The molecule has 0 radical (unpaired) electrons. The molecule has 0 amide bonds. The molecule has 3 heterocycles. The maximum Gasteiger partial charge on any atom is 0.244 e. The van der Waals surface area contributed by atoms with Crippen LogP contribution in [-0.4, -0.2) is 40.5 Å². The standard InChI is InChI=1S/C17H21N5O/c1-12-9-13-5-2-3-7-15(13)22(12)16-11-19-21-17(20-16)18-10-14-6-4-8-23-14/h2-3,5,7,11-12,14H,4,6,8-10H2,1H3,(H,18,20,21). The van der Waals surface area contributed by atoms with E-state index >= 15 is 0 Å². The van der Waals surface area contributed by atoms with E-state index in [4.69, 9.17) is 4.74 Å². The first kappa shape index (κ1) is 14.4. The van der Waals surface area contributed by atoms with Crippen molar-refractivity contribution in [2.75, 3.05) is 23.4 Å². The number of nitrogens with one attached hydrogen (secondary N) is 1. The molecular formula is C17H21N5O. The second-order valence-corrected chi connectivity index (χ2v) is 6.21. The zero-order valence-corrected chi connectivity index (χ0v) is 13.3. The quantitative estimate of drug-likeness (QED) is 0.936. The van der Waals surface area contributed by atoms with Crippen LogP contribution < -0.4 is 10.2 Å². The average Bonchev–Trinajstić information content (AvgIpc) is 3.19. The lowest BCUT2D eigenvalue weighted by Gasteiger charge is -2.23. The lowest BCUT2D eigenvalue weighted by Crippen LogP contribution is -2.26. The molecule has 1 aromatic heterocycles. The maximum atomic E-state index is 5.62. The first-order valence-electron chi connectivity index (χ1n) is 8.23. The highest BCUT2D eigenvalue weighted by atomic mass is 16.5. The molecule has 2 unspecified atom stereocenters. The molecule has 2 aromatic rings. The van der Waals surface area contributed by atoms with Gasteiger partial charge in [-0.05, 0) is 37.8 Å². The van der Waals surface area contributed by atoms with Crippen molar-refractivity contribution in [3.05, 3.63) is 36.0 Å². The van der Waals surface area contributed by atoms with Crippen LogP contribution in [0.25, 0.3) is 0 Å². The van der Waals surface area contributed by atoms with Crippen molar-refractivity contribution in [1.29, 1.82) is 0 Å². The van der Waals surface area contributed by atoms with Crippen molar-refractivity contribution in [3.8, 4) is 0 Å². The Labute approximate surface area is 135 Å². The minimum atomic E-state index is 0.258. The average molecular weight is 311 g/mol. The molecule has 1 saturated heterocycles. The topological polar surface area (TPSA) is 63.2 Å². The molecule has 6 heteroatoms. The smallest absolute Gasteiger partial charge is 0.244 e. The van der Waals surface area contributed by atoms with E-state index in [1.54, 1.807) is 6.20 Å². The van der Waals surface area contributed by atoms with Crippen molar-refractivity contribution < 1.29 is 4.74 Å². The molecule has 1 N–H and O–H groups in total. The summed E-state index contributed by atoms with van der Waals surface area (Å²) >= 11 is 0. The van der Waals surface area contributed by atoms with E-state index < -0.39 is 0 Å². The van der Waals surface area contributed by atoms with Crippen molar-refractivity contribution in [2.24, 2.45) is 0 Å². The van der Waals surface area contributed by atoms with Gasteiger partial charge in [0.05, 0.1) is 12.3 Å². The Kier molecular flexibility index (Phi) is 3.83. The Morgan fingerprint density at radius 3 is 3.13 bits per heavy atom. The lowest BCUT2D eigenvalue weighted by molar-refractivity contribution is 0.120. The van der Waals surface area contributed by atoms with Crippen molar-refractivity contribution >= 4 is 17.5 Å². The number of hydrogen-bond acceptors (Lipinski definition) is 6. The third-order valence-corrected chi connectivity index (χ3v) is 4.51. The van der Waals surface area contributed by atoms with Crippen LogP contribution in [0.3, 0.4) is 0 Å². The predicted octanol–water partition coefficient (Wildman–Crippen LogP) is 2.55. The van der Waals surface area contributed by atoms with Crippen LogP contribution in [-0.2, 0) is 11.2 Å². The van der Waals surface area contributed by atoms with Gasteiger partial charge in [-0.3, -0.25) is 0 Å².